The first-order chi connectivity index (χ1) is 20.3. The van der Waals surface area contributed by atoms with Crippen LogP contribution in [0.15, 0.2) is 30.3 Å². The van der Waals surface area contributed by atoms with E-state index >= 15 is 0 Å². The molecule has 1 unspecified atom stereocenters. The number of piperidine rings is 1. The highest BCUT2D eigenvalue weighted by Crippen LogP contribution is 2.38. The fraction of sp³-hybridized carbons (Fsp3) is 0.581. The number of aromatic nitrogens is 2. The third kappa shape index (κ3) is 7.72. The van der Waals surface area contributed by atoms with Crippen molar-refractivity contribution < 1.29 is 18.3 Å². The molecule has 0 saturated carbocycles. The summed E-state index contributed by atoms with van der Waals surface area (Å²) < 4.78 is 28.6. The molecule has 0 radical (unpaired) electrons. The second-order valence-electron chi connectivity index (χ2n) is 13.1. The molecule has 2 atom stereocenters. The Hall–Kier alpha value is -2.64. The Morgan fingerprint density at radius 3 is 2.60 bits per heavy atom. The summed E-state index contributed by atoms with van der Waals surface area (Å²) in [4.78, 5) is 26.3. The molecule has 1 saturated heterocycles. The van der Waals surface area contributed by atoms with E-state index in [0.717, 1.165) is 77.6 Å². The number of benzene rings is 1. The first-order valence-electron chi connectivity index (χ1n) is 15.1. The maximum atomic E-state index is 13.6. The molecule has 1 fully saturated rings. The van der Waals surface area contributed by atoms with Crippen molar-refractivity contribution in [1.29, 1.82) is 0 Å². The van der Waals surface area contributed by atoms with Crippen LogP contribution in [0.4, 0.5) is 5.69 Å². The molecule has 0 spiro atoms. The number of nitrogens with zero attached hydrogens (tertiary/aromatic N) is 4. The highest BCUT2D eigenvalue weighted by molar-refractivity contribution is 7.90. The van der Waals surface area contributed by atoms with E-state index in [0.29, 0.717) is 23.0 Å². The number of aliphatic hydroxyl groups excluding tert-OH is 1. The Kier molecular flexibility index (Phi) is 9.43. The first-order valence-corrected chi connectivity index (χ1v) is 17.3. The second-order valence-corrected chi connectivity index (χ2v) is 16.0. The van der Waals surface area contributed by atoms with Crippen LogP contribution in [-0.4, -0.2) is 78.4 Å². The number of pyridine rings is 1. The number of carbonyl (C=O) groups is 1. The van der Waals surface area contributed by atoms with Crippen LogP contribution < -0.4 is 10.0 Å². The molecule has 0 bridgehead atoms. The number of likely N-dealkylation sites (tertiary alicyclic amines) is 1. The number of hydrogen-bond acceptors (Lipinski definition) is 8. The number of fused-ring (bicyclic) bond motifs is 2. The summed E-state index contributed by atoms with van der Waals surface area (Å²) >= 11 is 1.31. The van der Waals surface area contributed by atoms with Crippen LogP contribution in [-0.2, 0) is 23.1 Å². The summed E-state index contributed by atoms with van der Waals surface area (Å²) in [5, 5.41) is 13.5. The van der Waals surface area contributed by atoms with E-state index in [1.807, 2.05) is 6.07 Å². The largest absolute Gasteiger partial charge is 0.393 e. The number of carbonyl (C=O) groups excluding carboxylic acids is 1. The van der Waals surface area contributed by atoms with Crippen molar-refractivity contribution >= 4 is 43.5 Å². The lowest BCUT2D eigenvalue weighted by Gasteiger charge is -2.34. The van der Waals surface area contributed by atoms with Crippen molar-refractivity contribution in [3.63, 3.8) is 0 Å². The van der Waals surface area contributed by atoms with Gasteiger partial charge in [0.2, 0.25) is 0 Å². The number of nitrogens with one attached hydrogen (secondary N) is 2. The monoisotopic (exact) mass is 628 g/mol. The van der Waals surface area contributed by atoms with Crippen molar-refractivity contribution in [3.8, 4) is 0 Å². The third-order valence-electron chi connectivity index (χ3n) is 8.78. The van der Waals surface area contributed by atoms with E-state index in [1.54, 1.807) is 18.2 Å². The second kappa shape index (κ2) is 12.8. The summed E-state index contributed by atoms with van der Waals surface area (Å²) in [5.74, 6) is 0.314. The third-order valence-corrected chi connectivity index (χ3v) is 11.2. The Morgan fingerprint density at radius 1 is 1.16 bits per heavy atom. The average molecular weight is 629 g/mol. The molecular weight excluding hydrogens is 585 g/mol. The van der Waals surface area contributed by atoms with Crippen LogP contribution in [0.5, 0.6) is 0 Å². The van der Waals surface area contributed by atoms with Crippen molar-refractivity contribution in [2.45, 2.75) is 71.4 Å². The van der Waals surface area contributed by atoms with Gasteiger partial charge < -0.3 is 15.3 Å². The predicted molar refractivity (Wildman–Crippen MR) is 172 cm³/mol. The van der Waals surface area contributed by atoms with Crippen molar-refractivity contribution in [2.75, 3.05) is 38.5 Å². The number of aliphatic hydroxyl groups is 1. The van der Waals surface area contributed by atoms with Crippen LogP contribution in [0.3, 0.4) is 0 Å². The van der Waals surface area contributed by atoms with Gasteiger partial charge in [0.25, 0.3) is 5.91 Å². The van der Waals surface area contributed by atoms with Crippen LogP contribution in [0.2, 0.25) is 0 Å². The summed E-state index contributed by atoms with van der Waals surface area (Å²) in [6.07, 6.45) is 4.86. The molecule has 12 heteroatoms. The van der Waals surface area contributed by atoms with Gasteiger partial charge in [-0.3, -0.25) is 9.52 Å². The summed E-state index contributed by atoms with van der Waals surface area (Å²) in [7, 11) is -0.741. The first kappa shape index (κ1) is 31.8. The fourth-order valence-electron chi connectivity index (χ4n) is 5.90. The molecule has 1 aromatic carbocycles. The van der Waals surface area contributed by atoms with E-state index in [4.69, 9.17) is 9.97 Å². The Balaban J connectivity index is 1.37. The summed E-state index contributed by atoms with van der Waals surface area (Å²) in [5.41, 5.74) is 4.56. The number of hydrogen-bond donors (Lipinski definition) is 3. The molecule has 43 heavy (non-hydrogen) atoms. The highest BCUT2D eigenvalue weighted by atomic mass is 32.2. The average Bonchev–Trinajstić information content (AvgIpc) is 3.37. The standard InChI is InChI=1S/C31H44N6O4S2/c1-31(2,3)22-9-10-25-21(17-22)19-27-29(33-25)42-30(34-27)28(39)32-26(13-16-37-14-11-24(38)12-15-37)20-7-6-8-23(18-20)35-43(40,41)36(4)5/h6-8,18-19,22,24,26,35,38H,9-17H2,1-5H3,(H,32,39)/t22-,26?/m0/s1. The van der Waals surface area contributed by atoms with E-state index in [9.17, 15) is 18.3 Å². The lowest BCUT2D eigenvalue weighted by molar-refractivity contribution is 0.0795. The number of thiazole rings is 1. The van der Waals surface area contributed by atoms with Gasteiger partial charge in [-0.25, -0.2) is 9.97 Å². The van der Waals surface area contributed by atoms with Crippen LogP contribution in [0.1, 0.15) is 79.1 Å². The summed E-state index contributed by atoms with van der Waals surface area (Å²) in [6.45, 7) is 9.20. The SMILES string of the molecule is CN(C)S(=O)(=O)Nc1cccc(C(CCN2CCC(O)CC2)NC(=O)c2nc3cc4c(nc3s2)CC[C@H](C(C)(C)C)C4)c1. The van der Waals surface area contributed by atoms with Gasteiger partial charge in [-0.1, -0.05) is 44.2 Å². The zero-order chi connectivity index (χ0) is 30.9. The summed E-state index contributed by atoms with van der Waals surface area (Å²) in [6, 6.07) is 8.90. The van der Waals surface area contributed by atoms with Gasteiger partial charge in [-0.2, -0.15) is 12.7 Å². The van der Waals surface area contributed by atoms with Gasteiger partial charge in [-0.15, -0.1) is 0 Å². The smallest absolute Gasteiger partial charge is 0.301 e. The molecule has 3 N–H and O–H groups in total. The minimum Gasteiger partial charge on any atom is -0.393 e. The number of aryl methyl sites for hydroxylation is 1. The molecule has 2 aliphatic rings. The van der Waals surface area contributed by atoms with Crippen molar-refractivity contribution in [3.05, 3.63) is 52.2 Å². The number of rotatable bonds is 9. The van der Waals surface area contributed by atoms with Crippen molar-refractivity contribution in [2.24, 2.45) is 11.3 Å². The van der Waals surface area contributed by atoms with Crippen LogP contribution >= 0.6 is 11.3 Å². The maximum Gasteiger partial charge on any atom is 0.301 e. The molecule has 1 amide bonds. The molecule has 1 aliphatic heterocycles. The molecule has 3 heterocycles. The van der Waals surface area contributed by atoms with E-state index in [-0.39, 0.29) is 23.5 Å². The fourth-order valence-corrected chi connectivity index (χ4v) is 7.36. The number of anilines is 1. The van der Waals surface area contributed by atoms with Gasteiger partial charge in [-0.05, 0) is 79.2 Å². The maximum absolute atomic E-state index is 13.6. The zero-order valence-corrected chi connectivity index (χ0v) is 27.4. The molecule has 5 rings (SSSR count). The molecule has 1 aliphatic carbocycles. The zero-order valence-electron chi connectivity index (χ0n) is 25.8. The molecule has 10 nitrogen and oxygen atoms in total. The molecular formula is C31H44N6O4S2. The van der Waals surface area contributed by atoms with E-state index in [2.05, 4.69) is 41.8 Å². The minimum absolute atomic E-state index is 0.228. The molecule has 3 aromatic rings. The van der Waals surface area contributed by atoms with Crippen LogP contribution in [0.25, 0.3) is 10.3 Å². The Bertz CT molecular complexity index is 1560. The van der Waals surface area contributed by atoms with Gasteiger partial charge in [0, 0.05) is 39.4 Å². The Morgan fingerprint density at radius 2 is 1.91 bits per heavy atom. The number of amides is 1. The van der Waals surface area contributed by atoms with Gasteiger partial charge in [0.05, 0.1) is 17.8 Å². The molecule has 234 valence electrons. The quantitative estimate of drug-likeness (QED) is 0.321. The van der Waals surface area contributed by atoms with E-state index < -0.39 is 10.2 Å². The lowest BCUT2D eigenvalue weighted by atomic mass is 9.71. The molecule has 2 aromatic heterocycles. The van der Waals surface area contributed by atoms with Crippen molar-refractivity contribution in [1.82, 2.24) is 24.5 Å². The van der Waals surface area contributed by atoms with Gasteiger partial charge in [0.15, 0.2) is 5.01 Å². The predicted octanol–water partition coefficient (Wildman–Crippen LogP) is 4.38. The highest BCUT2D eigenvalue weighted by Gasteiger charge is 2.30. The van der Waals surface area contributed by atoms with E-state index in [1.165, 1.54) is 31.0 Å². The Labute approximate surface area is 259 Å². The topological polar surface area (TPSA) is 128 Å². The normalized spacial score (nSPS) is 19.4. The van der Waals surface area contributed by atoms with Crippen LogP contribution in [0, 0.1) is 11.3 Å². The minimum atomic E-state index is -3.68. The van der Waals surface area contributed by atoms with Gasteiger partial charge in [0.1, 0.15) is 10.3 Å². The van der Waals surface area contributed by atoms with Gasteiger partial charge >= 0.3 is 10.2 Å². The lowest BCUT2D eigenvalue weighted by Crippen LogP contribution is -2.38.